The molecule has 0 saturated heterocycles. The molecule has 1 aromatic heterocycles. The molecule has 0 N–H and O–H groups in total. The normalized spacial score (nSPS) is 14.8. The van der Waals surface area contributed by atoms with E-state index in [4.69, 9.17) is 0 Å². The van der Waals surface area contributed by atoms with Crippen molar-refractivity contribution in [3.05, 3.63) is 24.2 Å². The van der Waals surface area contributed by atoms with Crippen LogP contribution in [0.1, 0.15) is 38.5 Å². The van der Waals surface area contributed by atoms with Crippen molar-refractivity contribution in [2.45, 2.75) is 38.5 Å². The molecule has 0 unspecified atom stereocenters. The summed E-state index contributed by atoms with van der Waals surface area (Å²) in [6.07, 6.45) is 9.00. The Bertz CT molecular complexity index is 230. The van der Waals surface area contributed by atoms with Crippen LogP contribution < -0.4 is 4.90 Å². The number of hydrogen-bond acceptors (Lipinski definition) is 1. The number of hydrogen-bond donors (Lipinski definition) is 0. The van der Waals surface area contributed by atoms with Gasteiger partial charge in [0.1, 0.15) is 0 Å². The minimum absolute atomic E-state index is 1.25. The monoisotopic (exact) mass is 203 g/mol. The summed E-state index contributed by atoms with van der Waals surface area (Å²) in [4.78, 5) is 2.08. The zero-order valence-electron chi connectivity index (χ0n) is 10.1. The van der Waals surface area contributed by atoms with Gasteiger partial charge in [0.25, 0.3) is 0 Å². The van der Waals surface area contributed by atoms with E-state index >= 15 is 0 Å². The van der Waals surface area contributed by atoms with Gasteiger partial charge in [0.2, 0.25) is 0 Å². The summed E-state index contributed by atoms with van der Waals surface area (Å²) >= 11 is 0. The molecular formula is C13H22BN. The molecule has 1 aromatic rings. The molecule has 2 heteroatoms. The average molecular weight is 203 g/mol. The predicted molar refractivity (Wildman–Crippen MR) is 69.8 cm³/mol. The maximum absolute atomic E-state index is 2.08. The Labute approximate surface area is 94.7 Å². The van der Waals surface area contributed by atoms with Crippen LogP contribution in [-0.2, 0) is 0 Å². The molecule has 0 spiro atoms. The molecule has 1 saturated carbocycles. The van der Waals surface area contributed by atoms with E-state index in [2.05, 4.69) is 17.9 Å². The second-order valence-corrected chi connectivity index (χ2v) is 4.35. The summed E-state index contributed by atoms with van der Waals surface area (Å²) in [7, 11) is 4.07. The summed E-state index contributed by atoms with van der Waals surface area (Å²) in [5.41, 5.74) is 1.25. The fourth-order valence-corrected chi connectivity index (χ4v) is 1.79. The van der Waals surface area contributed by atoms with Crippen LogP contribution in [0, 0.1) is 0 Å². The molecule has 0 aliphatic heterocycles. The van der Waals surface area contributed by atoms with Gasteiger partial charge in [-0.1, -0.05) is 38.5 Å². The number of rotatable bonds is 1. The molecule has 0 bridgehead atoms. The molecule has 1 nitrogen and oxygen atoms in total. The van der Waals surface area contributed by atoms with Crippen molar-refractivity contribution >= 4 is 12.5 Å². The number of nitrogens with zero attached hydrogens (tertiary/aromatic N) is 1. The Morgan fingerprint density at radius 1 is 0.933 bits per heavy atom. The van der Waals surface area contributed by atoms with E-state index in [1.165, 1.54) is 44.1 Å². The van der Waals surface area contributed by atoms with Crippen LogP contribution in [0.2, 0.25) is 0 Å². The first-order valence-electron chi connectivity index (χ1n) is 6.03. The topological polar surface area (TPSA) is 3.24 Å². The van der Waals surface area contributed by atoms with Crippen LogP contribution >= 0.6 is 0 Å². The fourth-order valence-electron chi connectivity index (χ4n) is 1.79. The molecule has 0 amide bonds. The Kier molecular flexibility index (Phi) is 6.14. The Balaban J connectivity index is 0.000000162. The van der Waals surface area contributed by atoms with Crippen molar-refractivity contribution in [3.8, 4) is 0 Å². The van der Waals surface area contributed by atoms with E-state index in [1.807, 2.05) is 32.2 Å². The van der Waals surface area contributed by atoms with Gasteiger partial charge in [-0.2, -0.15) is 0 Å². The van der Waals surface area contributed by atoms with Gasteiger partial charge in [0.15, 0.2) is 0 Å². The molecule has 82 valence electrons. The standard InChI is InChI=1S/C7H10BN.C6H12/c1-9(2)7-5-3-4-6-8-7;1-2-4-6-5-3-1/h3-6H,1-2H3;1-6H2. The molecule has 1 fully saturated rings. The molecule has 1 heterocycles. The van der Waals surface area contributed by atoms with Gasteiger partial charge in [-0.25, -0.2) is 0 Å². The summed E-state index contributed by atoms with van der Waals surface area (Å²) in [5, 5.41) is 0. The maximum atomic E-state index is 2.08. The van der Waals surface area contributed by atoms with Crippen molar-refractivity contribution in [2.75, 3.05) is 19.0 Å². The molecular weight excluding hydrogens is 181 g/mol. The van der Waals surface area contributed by atoms with Crippen LogP contribution in [0.4, 0.5) is 5.58 Å². The Morgan fingerprint density at radius 2 is 1.47 bits per heavy atom. The number of anilines is 1. The Hall–Kier alpha value is -0.785. The average Bonchev–Trinajstić information content (AvgIpc) is 2.33. The third-order valence-corrected chi connectivity index (χ3v) is 2.77. The Morgan fingerprint density at radius 3 is 1.73 bits per heavy atom. The summed E-state index contributed by atoms with van der Waals surface area (Å²) in [5.74, 6) is 2.04. The molecule has 0 atom stereocenters. The zero-order chi connectivity index (χ0) is 10.9. The second-order valence-electron chi connectivity index (χ2n) is 4.35. The van der Waals surface area contributed by atoms with Crippen molar-refractivity contribution in [1.82, 2.24) is 0 Å². The van der Waals surface area contributed by atoms with Gasteiger partial charge in [-0.15, -0.1) is 0 Å². The third-order valence-electron chi connectivity index (χ3n) is 2.77. The van der Waals surface area contributed by atoms with Crippen LogP contribution in [0.25, 0.3) is 0 Å². The molecule has 2 rings (SSSR count). The summed E-state index contributed by atoms with van der Waals surface area (Å²) in [6, 6.07) is 6.14. The summed E-state index contributed by atoms with van der Waals surface area (Å²) in [6.45, 7) is 2.08. The van der Waals surface area contributed by atoms with Crippen molar-refractivity contribution < 1.29 is 0 Å². The van der Waals surface area contributed by atoms with Crippen molar-refractivity contribution in [3.63, 3.8) is 0 Å². The van der Waals surface area contributed by atoms with Crippen molar-refractivity contribution in [1.29, 1.82) is 0 Å². The fraction of sp³-hybridized carbons (Fsp3) is 0.615. The van der Waals surface area contributed by atoms with Crippen LogP contribution in [0.15, 0.2) is 24.2 Å². The molecule has 0 radical (unpaired) electrons. The summed E-state index contributed by atoms with van der Waals surface area (Å²) < 4.78 is 0. The second kappa shape index (κ2) is 7.50. The van der Waals surface area contributed by atoms with Crippen LogP contribution in [0.3, 0.4) is 0 Å². The van der Waals surface area contributed by atoms with Gasteiger partial charge in [-0.05, 0) is 0 Å². The minimum atomic E-state index is 1.25. The van der Waals surface area contributed by atoms with E-state index in [9.17, 15) is 0 Å². The van der Waals surface area contributed by atoms with Crippen LogP contribution in [-0.4, -0.2) is 21.0 Å². The van der Waals surface area contributed by atoms with Gasteiger partial charge < -0.3 is 0 Å². The van der Waals surface area contributed by atoms with E-state index in [0.717, 1.165) is 0 Å². The van der Waals surface area contributed by atoms with E-state index in [-0.39, 0.29) is 0 Å². The first-order valence-corrected chi connectivity index (χ1v) is 6.03. The van der Waals surface area contributed by atoms with Gasteiger partial charge in [-0.3, -0.25) is 0 Å². The zero-order valence-corrected chi connectivity index (χ0v) is 10.1. The SMILES string of the molecule is C1CCCCC1.CN(C)c1bcccc1. The quantitative estimate of drug-likeness (QED) is 0.675. The van der Waals surface area contributed by atoms with Gasteiger partial charge in [0, 0.05) is 0 Å². The molecule has 0 aromatic carbocycles. The van der Waals surface area contributed by atoms with Gasteiger partial charge >= 0.3 is 55.6 Å². The first kappa shape index (κ1) is 12.3. The first-order chi connectivity index (χ1) is 7.30. The van der Waals surface area contributed by atoms with Crippen molar-refractivity contribution in [2.24, 2.45) is 0 Å². The third kappa shape index (κ3) is 5.61. The predicted octanol–water partition coefficient (Wildman–Crippen LogP) is 3.43. The van der Waals surface area contributed by atoms with E-state index < -0.39 is 0 Å². The van der Waals surface area contributed by atoms with E-state index in [0.29, 0.717) is 0 Å². The van der Waals surface area contributed by atoms with Gasteiger partial charge in [0.05, 0.1) is 0 Å². The molecule has 15 heavy (non-hydrogen) atoms. The molecule has 1 aliphatic carbocycles. The molecule has 1 aliphatic rings. The van der Waals surface area contributed by atoms with E-state index in [1.54, 1.807) is 0 Å². The van der Waals surface area contributed by atoms with Crippen LogP contribution in [0.5, 0.6) is 0 Å².